The number of halogens is 1. The fourth-order valence-corrected chi connectivity index (χ4v) is 3.55. The first-order chi connectivity index (χ1) is 14.2. The van der Waals surface area contributed by atoms with Gasteiger partial charge in [-0.1, -0.05) is 24.3 Å². The number of ether oxygens (including phenoxy) is 2. The number of nitrogens with zero attached hydrogens (tertiary/aromatic N) is 1. The Morgan fingerprint density at radius 2 is 2.00 bits per heavy atom. The fourth-order valence-electron chi connectivity index (χ4n) is 3.55. The van der Waals surface area contributed by atoms with Gasteiger partial charge in [-0.3, -0.25) is 4.98 Å². The first kappa shape index (κ1) is 18.9. The summed E-state index contributed by atoms with van der Waals surface area (Å²) in [4.78, 5) is 16.0. The van der Waals surface area contributed by atoms with Crippen LogP contribution in [0, 0.1) is 5.82 Å². The molecule has 0 amide bonds. The van der Waals surface area contributed by atoms with E-state index in [2.05, 4.69) is 16.4 Å². The molecule has 5 nitrogen and oxygen atoms in total. The first-order valence-electron chi connectivity index (χ1n) is 9.44. The van der Waals surface area contributed by atoms with E-state index >= 15 is 0 Å². The number of carbonyl (C=O) groups is 1. The van der Waals surface area contributed by atoms with Crippen molar-refractivity contribution in [2.45, 2.75) is 12.3 Å². The number of pyridine rings is 1. The van der Waals surface area contributed by atoms with Crippen molar-refractivity contribution in [2.75, 3.05) is 25.6 Å². The van der Waals surface area contributed by atoms with E-state index in [0.29, 0.717) is 24.4 Å². The molecule has 1 N–H and O–H groups in total. The number of anilines is 1. The molecule has 0 bridgehead atoms. The molecule has 0 saturated carbocycles. The summed E-state index contributed by atoms with van der Waals surface area (Å²) in [5, 5.41) is 3.33. The molecule has 0 unspecified atom stereocenters. The number of fused-ring (bicyclic) bond motifs is 1. The van der Waals surface area contributed by atoms with Crippen LogP contribution < -0.4 is 10.1 Å². The molecule has 0 aliphatic carbocycles. The Balaban J connectivity index is 1.53. The van der Waals surface area contributed by atoms with Crippen molar-refractivity contribution < 1.29 is 18.7 Å². The molecule has 0 fully saturated rings. The van der Waals surface area contributed by atoms with Crippen LogP contribution in [-0.4, -0.2) is 31.2 Å². The highest BCUT2D eigenvalue weighted by atomic mass is 19.1. The first-order valence-corrected chi connectivity index (χ1v) is 9.44. The molecule has 4 rings (SSSR count). The monoisotopic (exact) mass is 392 g/mol. The lowest BCUT2D eigenvalue weighted by atomic mass is 9.91. The van der Waals surface area contributed by atoms with E-state index in [0.717, 1.165) is 28.9 Å². The highest BCUT2D eigenvalue weighted by Gasteiger charge is 2.23. The molecule has 1 atom stereocenters. The smallest absolute Gasteiger partial charge is 0.340 e. The Hall–Kier alpha value is -3.41. The molecule has 1 aromatic heterocycles. The van der Waals surface area contributed by atoms with E-state index < -0.39 is 5.97 Å². The SMILES string of the molecule is COC(=O)c1ccncc1NC[C@@H]1CCOc2cc(-c3ccc(F)cc3)ccc21. The zero-order valence-corrected chi connectivity index (χ0v) is 16.0. The van der Waals surface area contributed by atoms with Crippen LogP contribution in [0.3, 0.4) is 0 Å². The van der Waals surface area contributed by atoms with Crippen molar-refractivity contribution in [3.63, 3.8) is 0 Å². The summed E-state index contributed by atoms with van der Waals surface area (Å²) in [6.45, 7) is 1.26. The average molecular weight is 392 g/mol. The van der Waals surface area contributed by atoms with Gasteiger partial charge in [0.1, 0.15) is 11.6 Å². The molecular formula is C23H21FN2O3. The lowest BCUT2D eigenvalue weighted by molar-refractivity contribution is 0.0601. The van der Waals surface area contributed by atoms with Crippen molar-refractivity contribution in [1.82, 2.24) is 4.98 Å². The maximum Gasteiger partial charge on any atom is 0.340 e. The van der Waals surface area contributed by atoms with Crippen molar-refractivity contribution >= 4 is 11.7 Å². The Kier molecular flexibility index (Phi) is 5.42. The van der Waals surface area contributed by atoms with Gasteiger partial charge in [0.15, 0.2) is 0 Å². The normalized spacial score (nSPS) is 15.2. The Labute approximate surface area is 168 Å². The second kappa shape index (κ2) is 8.31. The van der Waals surface area contributed by atoms with Crippen molar-refractivity contribution in [2.24, 2.45) is 0 Å². The van der Waals surface area contributed by atoms with Crippen LogP contribution in [0.1, 0.15) is 28.3 Å². The predicted octanol–water partition coefficient (Wildman–Crippen LogP) is 4.65. The summed E-state index contributed by atoms with van der Waals surface area (Å²) >= 11 is 0. The number of aromatic nitrogens is 1. The Morgan fingerprint density at radius 3 is 2.79 bits per heavy atom. The number of carbonyl (C=O) groups excluding carboxylic acids is 1. The van der Waals surface area contributed by atoms with Gasteiger partial charge in [0.2, 0.25) is 0 Å². The van der Waals surface area contributed by atoms with Crippen LogP contribution in [-0.2, 0) is 4.74 Å². The standard InChI is InChI=1S/C23H21FN2O3/c1-28-23(27)20-8-10-25-14-21(20)26-13-17-9-11-29-22-12-16(4-7-19(17)22)15-2-5-18(24)6-3-15/h2-8,10,12,14,17,26H,9,11,13H2,1H3/t17-/m0/s1. The number of hydrogen-bond acceptors (Lipinski definition) is 5. The predicted molar refractivity (Wildman–Crippen MR) is 109 cm³/mol. The van der Waals surface area contributed by atoms with Crippen LogP contribution in [0.25, 0.3) is 11.1 Å². The Morgan fingerprint density at radius 1 is 1.21 bits per heavy atom. The van der Waals surface area contributed by atoms with Crippen LogP contribution in [0.4, 0.5) is 10.1 Å². The van der Waals surface area contributed by atoms with Gasteiger partial charge in [0.25, 0.3) is 0 Å². The molecule has 2 aromatic carbocycles. The van der Waals surface area contributed by atoms with Gasteiger partial charge < -0.3 is 14.8 Å². The third-order valence-corrected chi connectivity index (χ3v) is 5.12. The molecule has 6 heteroatoms. The van der Waals surface area contributed by atoms with Gasteiger partial charge in [-0.15, -0.1) is 0 Å². The summed E-state index contributed by atoms with van der Waals surface area (Å²) in [7, 11) is 1.36. The van der Waals surface area contributed by atoms with Crippen LogP contribution in [0.5, 0.6) is 5.75 Å². The molecule has 1 aliphatic heterocycles. The largest absolute Gasteiger partial charge is 0.493 e. The highest BCUT2D eigenvalue weighted by Crippen LogP contribution is 2.37. The molecule has 2 heterocycles. The molecule has 0 spiro atoms. The highest BCUT2D eigenvalue weighted by molar-refractivity contribution is 5.95. The van der Waals surface area contributed by atoms with E-state index in [9.17, 15) is 9.18 Å². The lowest BCUT2D eigenvalue weighted by Gasteiger charge is -2.27. The summed E-state index contributed by atoms with van der Waals surface area (Å²) in [5.41, 5.74) is 4.14. The topological polar surface area (TPSA) is 60.5 Å². The molecule has 29 heavy (non-hydrogen) atoms. The van der Waals surface area contributed by atoms with Gasteiger partial charge in [-0.05, 0) is 47.4 Å². The quantitative estimate of drug-likeness (QED) is 0.641. The molecule has 1 aliphatic rings. The zero-order valence-electron chi connectivity index (χ0n) is 16.0. The van der Waals surface area contributed by atoms with Gasteiger partial charge in [0.05, 0.1) is 31.2 Å². The van der Waals surface area contributed by atoms with E-state index in [1.54, 1.807) is 30.6 Å². The minimum Gasteiger partial charge on any atom is -0.493 e. The maximum absolute atomic E-state index is 13.2. The van der Waals surface area contributed by atoms with Gasteiger partial charge >= 0.3 is 5.97 Å². The van der Waals surface area contributed by atoms with E-state index in [-0.39, 0.29) is 11.7 Å². The minimum atomic E-state index is -0.397. The molecule has 148 valence electrons. The summed E-state index contributed by atoms with van der Waals surface area (Å²) in [6.07, 6.45) is 4.06. The molecule has 3 aromatic rings. The average Bonchev–Trinajstić information content (AvgIpc) is 2.77. The van der Waals surface area contributed by atoms with Crippen LogP contribution in [0.2, 0.25) is 0 Å². The molecule has 0 saturated heterocycles. The number of nitrogens with one attached hydrogen (secondary N) is 1. The van der Waals surface area contributed by atoms with E-state index in [1.165, 1.54) is 19.2 Å². The van der Waals surface area contributed by atoms with Crippen molar-refractivity contribution in [1.29, 1.82) is 0 Å². The summed E-state index contributed by atoms with van der Waals surface area (Å²) < 4.78 is 23.9. The number of methoxy groups -OCH3 is 1. The second-order valence-electron chi connectivity index (χ2n) is 6.89. The zero-order chi connectivity index (χ0) is 20.2. The maximum atomic E-state index is 13.2. The van der Waals surface area contributed by atoms with Crippen molar-refractivity contribution in [3.05, 3.63) is 77.9 Å². The van der Waals surface area contributed by atoms with Gasteiger partial charge in [-0.2, -0.15) is 0 Å². The molecule has 0 radical (unpaired) electrons. The lowest BCUT2D eigenvalue weighted by Crippen LogP contribution is -2.21. The summed E-state index contributed by atoms with van der Waals surface area (Å²) in [5.74, 6) is 0.415. The minimum absolute atomic E-state index is 0.228. The van der Waals surface area contributed by atoms with Crippen LogP contribution >= 0.6 is 0 Å². The fraction of sp³-hybridized carbons (Fsp3) is 0.217. The number of esters is 1. The molecular weight excluding hydrogens is 371 g/mol. The van der Waals surface area contributed by atoms with E-state index in [1.807, 2.05) is 12.1 Å². The van der Waals surface area contributed by atoms with Crippen molar-refractivity contribution in [3.8, 4) is 16.9 Å². The van der Waals surface area contributed by atoms with Gasteiger partial charge in [-0.25, -0.2) is 9.18 Å². The summed E-state index contributed by atoms with van der Waals surface area (Å²) in [6, 6.07) is 14.1. The third kappa shape index (κ3) is 4.06. The third-order valence-electron chi connectivity index (χ3n) is 5.12. The number of benzene rings is 2. The van der Waals surface area contributed by atoms with Crippen LogP contribution in [0.15, 0.2) is 60.9 Å². The Bertz CT molecular complexity index is 1020. The number of rotatable bonds is 5. The van der Waals surface area contributed by atoms with E-state index in [4.69, 9.17) is 9.47 Å². The second-order valence-corrected chi connectivity index (χ2v) is 6.89. The number of hydrogen-bond donors (Lipinski definition) is 1. The van der Waals surface area contributed by atoms with Gasteiger partial charge in [0, 0.05) is 18.7 Å².